The first-order valence-electron chi connectivity index (χ1n) is 9.22. The van der Waals surface area contributed by atoms with Crippen molar-refractivity contribution in [2.45, 2.75) is 13.0 Å². The lowest BCUT2D eigenvalue weighted by Gasteiger charge is -2.17. The minimum atomic E-state index is -0.435. The highest BCUT2D eigenvalue weighted by molar-refractivity contribution is 6.05. The summed E-state index contributed by atoms with van der Waals surface area (Å²) in [4.78, 5) is 25.3. The van der Waals surface area contributed by atoms with Crippen LogP contribution in [0.4, 0.5) is 0 Å². The lowest BCUT2D eigenvalue weighted by Crippen LogP contribution is -2.41. The van der Waals surface area contributed by atoms with Crippen molar-refractivity contribution >= 4 is 17.9 Å². The van der Waals surface area contributed by atoms with Gasteiger partial charge in [0.1, 0.15) is 23.8 Å². The molecule has 1 heterocycles. The molecule has 2 amide bonds. The van der Waals surface area contributed by atoms with Crippen LogP contribution in [0.5, 0.6) is 5.75 Å². The number of rotatable bonds is 8. The highest BCUT2D eigenvalue weighted by Gasteiger charge is 2.17. The van der Waals surface area contributed by atoms with Gasteiger partial charge < -0.3 is 19.8 Å². The van der Waals surface area contributed by atoms with Crippen molar-refractivity contribution in [3.8, 4) is 5.75 Å². The maximum absolute atomic E-state index is 12.8. The van der Waals surface area contributed by atoms with E-state index in [1.165, 1.54) is 12.3 Å². The fourth-order valence-corrected chi connectivity index (χ4v) is 2.54. The SMILES string of the molecule is CC(COc1ccccc1)NC(=O)/C(=C/c1ccco1)NC(=O)c1ccccc1. The summed E-state index contributed by atoms with van der Waals surface area (Å²) in [6.07, 6.45) is 2.98. The van der Waals surface area contributed by atoms with E-state index in [9.17, 15) is 9.59 Å². The molecule has 0 fully saturated rings. The molecule has 29 heavy (non-hydrogen) atoms. The van der Waals surface area contributed by atoms with Gasteiger partial charge in [-0.15, -0.1) is 0 Å². The number of benzene rings is 2. The van der Waals surface area contributed by atoms with E-state index in [1.54, 1.807) is 36.4 Å². The lowest BCUT2D eigenvalue weighted by molar-refractivity contribution is -0.118. The number of hydrogen-bond donors (Lipinski definition) is 2. The zero-order valence-corrected chi connectivity index (χ0v) is 16.0. The quantitative estimate of drug-likeness (QED) is 0.576. The van der Waals surface area contributed by atoms with Gasteiger partial charge in [-0.1, -0.05) is 36.4 Å². The highest BCUT2D eigenvalue weighted by atomic mass is 16.5. The largest absolute Gasteiger partial charge is 0.491 e. The smallest absolute Gasteiger partial charge is 0.268 e. The van der Waals surface area contributed by atoms with Crippen LogP contribution in [0.25, 0.3) is 6.08 Å². The zero-order chi connectivity index (χ0) is 20.5. The van der Waals surface area contributed by atoms with E-state index in [0.717, 1.165) is 5.75 Å². The van der Waals surface area contributed by atoms with E-state index in [0.29, 0.717) is 11.3 Å². The third-order valence-electron chi connectivity index (χ3n) is 3.98. The van der Waals surface area contributed by atoms with Gasteiger partial charge in [-0.05, 0) is 43.3 Å². The molecule has 0 aliphatic heterocycles. The van der Waals surface area contributed by atoms with Gasteiger partial charge in [0, 0.05) is 11.6 Å². The van der Waals surface area contributed by atoms with Crippen molar-refractivity contribution in [1.82, 2.24) is 10.6 Å². The van der Waals surface area contributed by atoms with Gasteiger partial charge in [0.2, 0.25) is 0 Å². The van der Waals surface area contributed by atoms with Crippen molar-refractivity contribution in [2.75, 3.05) is 6.61 Å². The van der Waals surface area contributed by atoms with E-state index in [1.807, 2.05) is 43.3 Å². The summed E-state index contributed by atoms with van der Waals surface area (Å²) in [5, 5.41) is 5.49. The third kappa shape index (κ3) is 6.10. The predicted octanol–water partition coefficient (Wildman–Crippen LogP) is 3.63. The average Bonchev–Trinajstić information content (AvgIpc) is 3.26. The molecule has 0 radical (unpaired) electrons. The summed E-state index contributed by atoms with van der Waals surface area (Å²) < 4.78 is 10.9. The fourth-order valence-electron chi connectivity index (χ4n) is 2.54. The Morgan fingerprint density at radius 2 is 1.69 bits per heavy atom. The van der Waals surface area contributed by atoms with Gasteiger partial charge in [-0.25, -0.2) is 0 Å². The summed E-state index contributed by atoms with van der Waals surface area (Å²) >= 11 is 0. The van der Waals surface area contributed by atoms with Crippen LogP contribution in [0, 0.1) is 0 Å². The second-order valence-electron chi connectivity index (χ2n) is 6.39. The van der Waals surface area contributed by atoms with Crippen LogP contribution in [0.15, 0.2) is 89.2 Å². The van der Waals surface area contributed by atoms with Gasteiger partial charge in [0.25, 0.3) is 11.8 Å². The first-order valence-corrected chi connectivity index (χ1v) is 9.22. The Kier molecular flexibility index (Phi) is 6.84. The number of hydrogen-bond acceptors (Lipinski definition) is 4. The number of amides is 2. The number of para-hydroxylation sites is 1. The Hall–Kier alpha value is -3.80. The first kappa shape index (κ1) is 19.9. The van der Waals surface area contributed by atoms with E-state index < -0.39 is 5.91 Å². The van der Waals surface area contributed by atoms with Crippen molar-refractivity contribution in [3.05, 3.63) is 96.1 Å². The van der Waals surface area contributed by atoms with Crippen LogP contribution in [0.3, 0.4) is 0 Å². The van der Waals surface area contributed by atoms with Crippen molar-refractivity contribution in [3.63, 3.8) is 0 Å². The summed E-state index contributed by atoms with van der Waals surface area (Å²) in [6.45, 7) is 2.11. The maximum atomic E-state index is 12.8. The molecule has 0 aliphatic rings. The minimum Gasteiger partial charge on any atom is -0.491 e. The summed E-state index contributed by atoms with van der Waals surface area (Å²) in [7, 11) is 0. The Morgan fingerprint density at radius 1 is 1.00 bits per heavy atom. The van der Waals surface area contributed by atoms with Gasteiger partial charge in [0.15, 0.2) is 0 Å². The Labute approximate surface area is 169 Å². The molecular formula is C23H22N2O4. The monoisotopic (exact) mass is 390 g/mol. The van der Waals surface area contributed by atoms with Crippen LogP contribution in [-0.4, -0.2) is 24.5 Å². The van der Waals surface area contributed by atoms with E-state index in [2.05, 4.69) is 10.6 Å². The lowest BCUT2D eigenvalue weighted by atomic mass is 10.2. The minimum absolute atomic E-state index is 0.0837. The van der Waals surface area contributed by atoms with Crippen LogP contribution < -0.4 is 15.4 Å². The molecule has 1 atom stereocenters. The van der Waals surface area contributed by atoms with Gasteiger partial charge >= 0.3 is 0 Å². The Bertz CT molecular complexity index is 951. The van der Waals surface area contributed by atoms with Crippen molar-refractivity contribution in [2.24, 2.45) is 0 Å². The predicted molar refractivity (Wildman–Crippen MR) is 110 cm³/mol. The van der Waals surface area contributed by atoms with Gasteiger partial charge in [-0.2, -0.15) is 0 Å². The van der Waals surface area contributed by atoms with Gasteiger partial charge in [0.05, 0.1) is 12.3 Å². The topological polar surface area (TPSA) is 80.6 Å². The molecule has 0 bridgehead atoms. The Balaban J connectivity index is 1.66. The maximum Gasteiger partial charge on any atom is 0.268 e. The molecule has 0 spiro atoms. The van der Waals surface area contributed by atoms with Crippen LogP contribution in [0.1, 0.15) is 23.0 Å². The third-order valence-corrected chi connectivity index (χ3v) is 3.98. The molecule has 0 saturated heterocycles. The summed E-state index contributed by atoms with van der Waals surface area (Å²) in [6, 6.07) is 21.1. The second-order valence-corrected chi connectivity index (χ2v) is 6.39. The van der Waals surface area contributed by atoms with E-state index >= 15 is 0 Å². The van der Waals surface area contributed by atoms with Crippen molar-refractivity contribution < 1.29 is 18.7 Å². The molecule has 148 valence electrons. The second kappa shape index (κ2) is 9.94. The molecule has 2 N–H and O–H groups in total. The number of nitrogens with one attached hydrogen (secondary N) is 2. The molecular weight excluding hydrogens is 368 g/mol. The summed E-state index contributed by atoms with van der Waals surface area (Å²) in [5.74, 6) is 0.357. The normalized spacial score (nSPS) is 12.1. The number of carbonyl (C=O) groups is 2. The molecule has 2 aromatic carbocycles. The molecule has 3 rings (SSSR count). The molecule has 1 unspecified atom stereocenters. The number of carbonyl (C=O) groups excluding carboxylic acids is 2. The van der Waals surface area contributed by atoms with E-state index in [4.69, 9.17) is 9.15 Å². The standard InChI is InChI=1S/C23H22N2O4/c1-17(16-29-19-11-6-3-7-12-19)24-23(27)21(15-20-13-8-14-28-20)25-22(26)18-9-4-2-5-10-18/h2-15,17H,16H2,1H3,(H,24,27)(H,25,26)/b21-15-. The van der Waals surface area contributed by atoms with E-state index in [-0.39, 0.29) is 24.3 Å². The van der Waals surface area contributed by atoms with Crippen molar-refractivity contribution in [1.29, 1.82) is 0 Å². The number of furan rings is 1. The Morgan fingerprint density at radius 3 is 2.34 bits per heavy atom. The van der Waals surface area contributed by atoms with Crippen LogP contribution >= 0.6 is 0 Å². The molecule has 0 aliphatic carbocycles. The zero-order valence-electron chi connectivity index (χ0n) is 16.0. The molecule has 0 saturated carbocycles. The first-order chi connectivity index (χ1) is 14.1. The fraction of sp³-hybridized carbons (Fsp3) is 0.130. The highest BCUT2D eigenvalue weighted by Crippen LogP contribution is 2.10. The average molecular weight is 390 g/mol. The molecule has 3 aromatic rings. The molecule has 6 nitrogen and oxygen atoms in total. The van der Waals surface area contributed by atoms with Crippen LogP contribution in [0.2, 0.25) is 0 Å². The van der Waals surface area contributed by atoms with Gasteiger partial charge in [-0.3, -0.25) is 9.59 Å². The number of ether oxygens (including phenoxy) is 1. The van der Waals surface area contributed by atoms with Crippen LogP contribution in [-0.2, 0) is 4.79 Å². The summed E-state index contributed by atoms with van der Waals surface area (Å²) in [5.41, 5.74) is 0.534. The molecule has 1 aromatic heterocycles. The molecule has 6 heteroatoms.